The van der Waals surface area contributed by atoms with E-state index in [0.717, 1.165) is 0 Å². The van der Waals surface area contributed by atoms with E-state index in [2.05, 4.69) is 13.8 Å². The summed E-state index contributed by atoms with van der Waals surface area (Å²) in [5.41, 5.74) is 0. The van der Waals surface area contributed by atoms with Gasteiger partial charge in [0.25, 0.3) is 0 Å². The molecule has 0 aromatic rings. The largest absolute Gasteiger partial charge is 2.00 e. The van der Waals surface area contributed by atoms with Crippen LogP contribution < -0.4 is 0 Å². The maximum Gasteiger partial charge on any atom is 2.00 e. The third-order valence-corrected chi connectivity index (χ3v) is 2.96. The van der Waals surface area contributed by atoms with E-state index in [9.17, 15) is 0 Å². The molecule has 20 heavy (non-hydrogen) atoms. The standard InChI is InChI=1S/C14H30.H2O4S.Zn/c1-3-5-7-9-11-13-14-12-10-8-6-4-2;1-5(2,3)4;/h3-14H2,1-2H3;(H2,1,2,3,4);/q;;+2/p-2. The second kappa shape index (κ2) is 19.5. The SMILES string of the molecule is CCCCCCCCCCCCCC.O=S(=O)([O-])[O-].[Zn+2]. The molecular formula is C14H30O4SZn. The topological polar surface area (TPSA) is 80.3 Å². The van der Waals surface area contributed by atoms with Gasteiger partial charge >= 0.3 is 19.5 Å². The number of hydrogen-bond donors (Lipinski definition) is 0. The minimum absolute atomic E-state index is 0. The van der Waals surface area contributed by atoms with E-state index in [1.807, 2.05) is 0 Å². The Morgan fingerprint density at radius 2 is 0.750 bits per heavy atom. The molecule has 0 unspecified atom stereocenters. The summed E-state index contributed by atoms with van der Waals surface area (Å²) < 4.78 is 34.1. The molecule has 0 atom stereocenters. The van der Waals surface area contributed by atoms with E-state index in [1.165, 1.54) is 77.0 Å². The molecular weight excluding hydrogens is 330 g/mol. The van der Waals surface area contributed by atoms with E-state index >= 15 is 0 Å². The van der Waals surface area contributed by atoms with Crippen molar-refractivity contribution >= 4 is 10.4 Å². The molecule has 0 radical (unpaired) electrons. The van der Waals surface area contributed by atoms with Crippen LogP contribution in [-0.4, -0.2) is 17.5 Å². The molecule has 0 bridgehead atoms. The molecule has 118 valence electrons. The Morgan fingerprint density at radius 1 is 0.600 bits per heavy atom. The van der Waals surface area contributed by atoms with Gasteiger partial charge in [0.05, 0.1) is 0 Å². The Bertz CT molecular complexity index is 236. The second-order valence-electron chi connectivity index (χ2n) is 4.94. The summed E-state index contributed by atoms with van der Waals surface area (Å²) in [5, 5.41) is 0. The summed E-state index contributed by atoms with van der Waals surface area (Å²) in [6.45, 7) is 4.57. The zero-order valence-electron chi connectivity index (χ0n) is 13.2. The van der Waals surface area contributed by atoms with Crippen LogP contribution >= 0.6 is 0 Å². The van der Waals surface area contributed by atoms with Crippen molar-refractivity contribution in [2.75, 3.05) is 0 Å². The Kier molecular flexibility index (Phi) is 24.8. The molecule has 0 saturated carbocycles. The van der Waals surface area contributed by atoms with Gasteiger partial charge in [0.2, 0.25) is 0 Å². The smallest absolute Gasteiger partial charge is 0.759 e. The molecule has 0 saturated heterocycles. The van der Waals surface area contributed by atoms with Gasteiger partial charge in [-0.15, -0.1) is 0 Å². The molecule has 4 nitrogen and oxygen atoms in total. The Balaban J connectivity index is -0.000000414. The van der Waals surface area contributed by atoms with Gasteiger partial charge in [-0.2, -0.15) is 0 Å². The van der Waals surface area contributed by atoms with Gasteiger partial charge < -0.3 is 9.11 Å². The molecule has 0 aliphatic carbocycles. The van der Waals surface area contributed by atoms with Gasteiger partial charge in [0.15, 0.2) is 0 Å². The summed E-state index contributed by atoms with van der Waals surface area (Å²) in [5.74, 6) is 0. The average Bonchev–Trinajstić information content (AvgIpc) is 2.29. The molecule has 0 spiro atoms. The van der Waals surface area contributed by atoms with Crippen LogP contribution in [0, 0.1) is 0 Å². The van der Waals surface area contributed by atoms with Crippen LogP contribution in [0.25, 0.3) is 0 Å². The van der Waals surface area contributed by atoms with Crippen molar-refractivity contribution in [1.29, 1.82) is 0 Å². The molecule has 0 aliphatic rings. The Hall–Kier alpha value is 0.493. The van der Waals surface area contributed by atoms with Crippen LogP contribution in [0.1, 0.15) is 90.9 Å². The van der Waals surface area contributed by atoms with Crippen LogP contribution in [0.4, 0.5) is 0 Å². The molecule has 0 amide bonds. The predicted octanol–water partition coefficient (Wildman–Crippen LogP) is 4.37. The van der Waals surface area contributed by atoms with Crippen molar-refractivity contribution in [2.45, 2.75) is 90.9 Å². The fraction of sp³-hybridized carbons (Fsp3) is 1.00. The first-order valence-electron chi connectivity index (χ1n) is 7.58. The first-order valence-corrected chi connectivity index (χ1v) is 8.91. The van der Waals surface area contributed by atoms with Crippen LogP contribution in [0.3, 0.4) is 0 Å². The summed E-state index contributed by atoms with van der Waals surface area (Å²) in [6, 6.07) is 0. The quantitative estimate of drug-likeness (QED) is 0.237. The summed E-state index contributed by atoms with van der Waals surface area (Å²) in [7, 11) is -5.17. The third kappa shape index (κ3) is 42.8. The third-order valence-electron chi connectivity index (χ3n) is 2.96. The van der Waals surface area contributed by atoms with Crippen molar-refractivity contribution in [2.24, 2.45) is 0 Å². The molecule has 0 heterocycles. The molecule has 0 aromatic heterocycles. The number of unbranched alkanes of at least 4 members (excludes halogenated alkanes) is 11. The predicted molar refractivity (Wildman–Crippen MR) is 77.2 cm³/mol. The minimum Gasteiger partial charge on any atom is -0.759 e. The van der Waals surface area contributed by atoms with Crippen molar-refractivity contribution < 1.29 is 37.0 Å². The minimum atomic E-state index is -5.17. The summed E-state index contributed by atoms with van der Waals surface area (Å²) in [6.07, 6.45) is 17.4. The van der Waals surface area contributed by atoms with Crippen molar-refractivity contribution in [1.82, 2.24) is 0 Å². The molecule has 0 rings (SSSR count). The van der Waals surface area contributed by atoms with Crippen molar-refractivity contribution in [3.05, 3.63) is 0 Å². The van der Waals surface area contributed by atoms with Crippen LogP contribution in [0.15, 0.2) is 0 Å². The maximum atomic E-state index is 8.52. The first kappa shape index (κ1) is 25.4. The fourth-order valence-electron chi connectivity index (χ4n) is 1.91. The zero-order valence-corrected chi connectivity index (χ0v) is 17.0. The van der Waals surface area contributed by atoms with Crippen LogP contribution in [-0.2, 0) is 29.9 Å². The fourth-order valence-corrected chi connectivity index (χ4v) is 1.91. The van der Waals surface area contributed by atoms with E-state index < -0.39 is 10.4 Å². The number of rotatable bonds is 11. The molecule has 6 heteroatoms. The van der Waals surface area contributed by atoms with E-state index in [-0.39, 0.29) is 19.5 Å². The van der Waals surface area contributed by atoms with Crippen molar-refractivity contribution in [3.63, 3.8) is 0 Å². The Morgan fingerprint density at radius 3 is 0.900 bits per heavy atom. The molecule has 0 fully saturated rings. The normalized spacial score (nSPS) is 10.4. The van der Waals surface area contributed by atoms with Gasteiger partial charge in [0.1, 0.15) is 0 Å². The zero-order chi connectivity index (χ0) is 15.0. The van der Waals surface area contributed by atoms with E-state index in [1.54, 1.807) is 0 Å². The maximum absolute atomic E-state index is 8.52. The molecule has 0 N–H and O–H groups in total. The molecule has 0 aromatic carbocycles. The van der Waals surface area contributed by atoms with E-state index in [4.69, 9.17) is 17.5 Å². The van der Waals surface area contributed by atoms with Gasteiger partial charge in [-0.3, -0.25) is 8.42 Å². The van der Waals surface area contributed by atoms with Gasteiger partial charge in [-0.1, -0.05) is 90.9 Å². The van der Waals surface area contributed by atoms with Gasteiger partial charge in [-0.05, 0) is 0 Å². The van der Waals surface area contributed by atoms with Crippen molar-refractivity contribution in [3.8, 4) is 0 Å². The number of hydrogen-bond acceptors (Lipinski definition) is 4. The second-order valence-corrected chi connectivity index (χ2v) is 5.76. The van der Waals surface area contributed by atoms with Crippen LogP contribution in [0.2, 0.25) is 0 Å². The molecule has 0 aliphatic heterocycles. The van der Waals surface area contributed by atoms with Gasteiger partial charge in [-0.25, -0.2) is 0 Å². The summed E-state index contributed by atoms with van der Waals surface area (Å²) >= 11 is 0. The Labute approximate surface area is 138 Å². The first-order chi connectivity index (χ1) is 8.91. The monoisotopic (exact) mass is 358 g/mol. The van der Waals surface area contributed by atoms with E-state index in [0.29, 0.717) is 0 Å². The summed E-state index contributed by atoms with van der Waals surface area (Å²) in [4.78, 5) is 0. The van der Waals surface area contributed by atoms with Gasteiger partial charge in [0, 0.05) is 10.4 Å². The van der Waals surface area contributed by atoms with Crippen LogP contribution in [0.5, 0.6) is 0 Å². The average molecular weight is 360 g/mol.